The van der Waals surface area contributed by atoms with Gasteiger partial charge in [-0.05, 0) is 30.2 Å². The van der Waals surface area contributed by atoms with Crippen molar-refractivity contribution in [3.8, 4) is 0 Å². The lowest BCUT2D eigenvalue weighted by Gasteiger charge is -2.16. The number of hydrogen-bond donors (Lipinski definition) is 1. The molecule has 1 aromatic heterocycles. The molecular weight excluding hydrogens is 295 g/mol. The van der Waals surface area contributed by atoms with Gasteiger partial charge in [0.05, 0.1) is 16.8 Å². The Morgan fingerprint density at radius 2 is 2.15 bits per heavy atom. The van der Waals surface area contributed by atoms with Crippen molar-refractivity contribution in [3.05, 3.63) is 50.7 Å². The van der Waals surface area contributed by atoms with Crippen molar-refractivity contribution in [3.63, 3.8) is 0 Å². The molecule has 2 aromatic rings. The predicted molar refractivity (Wildman–Crippen MR) is 83.1 cm³/mol. The monoisotopic (exact) mass is 312 g/mol. The van der Waals surface area contributed by atoms with Gasteiger partial charge in [-0.3, -0.25) is 0 Å². The van der Waals surface area contributed by atoms with Gasteiger partial charge in [-0.25, -0.2) is 9.37 Å². The van der Waals surface area contributed by atoms with Crippen molar-refractivity contribution in [2.45, 2.75) is 32.7 Å². The van der Waals surface area contributed by atoms with Crippen molar-refractivity contribution >= 4 is 22.9 Å². The number of thiazole rings is 1. The van der Waals surface area contributed by atoms with E-state index < -0.39 is 5.82 Å². The molecule has 1 heterocycles. The molecule has 108 valence electrons. The maximum absolute atomic E-state index is 13.3. The molecule has 1 unspecified atom stereocenters. The first-order valence-corrected chi connectivity index (χ1v) is 7.92. The van der Waals surface area contributed by atoms with Gasteiger partial charge in [0.25, 0.3) is 0 Å². The molecular formula is C15H18ClFN2S. The van der Waals surface area contributed by atoms with Crippen LogP contribution in [0.25, 0.3) is 0 Å². The van der Waals surface area contributed by atoms with Crippen molar-refractivity contribution in [2.75, 3.05) is 6.54 Å². The van der Waals surface area contributed by atoms with Crippen LogP contribution in [0.15, 0.2) is 23.6 Å². The highest BCUT2D eigenvalue weighted by molar-refractivity contribution is 7.09. The zero-order valence-electron chi connectivity index (χ0n) is 11.8. The fourth-order valence-electron chi connectivity index (χ4n) is 1.94. The van der Waals surface area contributed by atoms with Crippen molar-refractivity contribution in [1.82, 2.24) is 10.3 Å². The van der Waals surface area contributed by atoms with Gasteiger partial charge in [-0.1, -0.05) is 38.4 Å². The van der Waals surface area contributed by atoms with E-state index in [1.807, 2.05) is 6.92 Å². The van der Waals surface area contributed by atoms with E-state index in [2.05, 4.69) is 29.5 Å². The zero-order chi connectivity index (χ0) is 14.7. The maximum atomic E-state index is 13.3. The summed E-state index contributed by atoms with van der Waals surface area (Å²) in [4.78, 5) is 4.68. The average molecular weight is 313 g/mol. The number of hydrogen-bond acceptors (Lipinski definition) is 3. The minimum absolute atomic E-state index is 0.0457. The van der Waals surface area contributed by atoms with Gasteiger partial charge in [-0.15, -0.1) is 11.3 Å². The molecule has 0 amide bonds. The Kier molecular flexibility index (Phi) is 5.13. The van der Waals surface area contributed by atoms with E-state index in [1.54, 1.807) is 23.5 Å². The van der Waals surface area contributed by atoms with Crippen LogP contribution in [-0.2, 0) is 0 Å². The van der Waals surface area contributed by atoms with E-state index in [4.69, 9.17) is 11.6 Å². The highest BCUT2D eigenvalue weighted by Crippen LogP contribution is 2.29. The molecule has 2 nitrogen and oxygen atoms in total. The normalized spacial score (nSPS) is 12.9. The van der Waals surface area contributed by atoms with Gasteiger partial charge in [0, 0.05) is 5.38 Å². The molecule has 1 atom stereocenters. The first-order chi connectivity index (χ1) is 9.52. The molecule has 0 spiro atoms. The standard InChI is InChI=1S/C15H18ClFN2S/c1-4-18-14(10-5-6-12(17)11(16)7-10)15-19-13(8-20-15)9(2)3/h5-9,14,18H,4H2,1-3H3. The van der Waals surface area contributed by atoms with E-state index in [-0.39, 0.29) is 11.1 Å². The first kappa shape index (κ1) is 15.4. The van der Waals surface area contributed by atoms with E-state index in [0.29, 0.717) is 5.92 Å². The van der Waals surface area contributed by atoms with Crippen LogP contribution >= 0.6 is 22.9 Å². The Bertz CT molecular complexity index is 583. The smallest absolute Gasteiger partial charge is 0.141 e. The van der Waals surface area contributed by atoms with Gasteiger partial charge in [-0.2, -0.15) is 0 Å². The SMILES string of the molecule is CCNC(c1ccc(F)c(Cl)c1)c1nc(C(C)C)cs1. The third-order valence-corrected chi connectivity index (χ3v) is 4.28. The van der Waals surface area contributed by atoms with Crippen molar-refractivity contribution < 1.29 is 4.39 Å². The summed E-state index contributed by atoms with van der Waals surface area (Å²) < 4.78 is 13.3. The topological polar surface area (TPSA) is 24.9 Å². The summed E-state index contributed by atoms with van der Waals surface area (Å²) in [6.07, 6.45) is 0. The third-order valence-electron chi connectivity index (χ3n) is 3.06. The van der Waals surface area contributed by atoms with Gasteiger partial charge in [0.15, 0.2) is 0 Å². The van der Waals surface area contributed by atoms with Gasteiger partial charge >= 0.3 is 0 Å². The van der Waals surface area contributed by atoms with Crippen LogP contribution in [0.5, 0.6) is 0 Å². The number of halogens is 2. The quantitative estimate of drug-likeness (QED) is 0.861. The summed E-state index contributed by atoms with van der Waals surface area (Å²) >= 11 is 7.50. The predicted octanol–water partition coefficient (Wildman–Crippen LogP) is 4.76. The molecule has 0 saturated heterocycles. The van der Waals surface area contributed by atoms with Crippen LogP contribution in [0, 0.1) is 5.82 Å². The Morgan fingerprint density at radius 1 is 1.40 bits per heavy atom. The second kappa shape index (κ2) is 6.66. The van der Waals surface area contributed by atoms with Crippen molar-refractivity contribution in [1.29, 1.82) is 0 Å². The molecule has 0 aliphatic carbocycles. The number of nitrogens with one attached hydrogen (secondary N) is 1. The van der Waals surface area contributed by atoms with Crippen LogP contribution in [0.1, 0.15) is 49.0 Å². The van der Waals surface area contributed by atoms with Crippen LogP contribution in [0.3, 0.4) is 0 Å². The minimum Gasteiger partial charge on any atom is -0.305 e. The summed E-state index contributed by atoms with van der Waals surface area (Å²) in [5, 5.41) is 6.59. The molecule has 0 aliphatic heterocycles. The molecule has 0 saturated carbocycles. The molecule has 1 N–H and O–H groups in total. The number of nitrogens with zero attached hydrogens (tertiary/aromatic N) is 1. The lowest BCUT2D eigenvalue weighted by molar-refractivity contribution is 0.610. The fraction of sp³-hybridized carbons (Fsp3) is 0.400. The Balaban J connectivity index is 2.36. The molecule has 20 heavy (non-hydrogen) atoms. The van der Waals surface area contributed by atoms with Gasteiger partial charge in [0.2, 0.25) is 0 Å². The summed E-state index contributed by atoms with van der Waals surface area (Å²) in [5.74, 6) is 0.00626. The van der Waals surface area contributed by atoms with Crippen molar-refractivity contribution in [2.24, 2.45) is 0 Å². The maximum Gasteiger partial charge on any atom is 0.141 e. The van der Waals surface area contributed by atoms with E-state index in [9.17, 15) is 4.39 Å². The van der Waals surface area contributed by atoms with Crippen LogP contribution in [0.4, 0.5) is 4.39 Å². The summed E-state index contributed by atoms with van der Waals surface area (Å²) in [6, 6.07) is 4.78. The van der Waals surface area contributed by atoms with Gasteiger partial charge < -0.3 is 5.32 Å². The average Bonchev–Trinajstić information content (AvgIpc) is 2.89. The largest absolute Gasteiger partial charge is 0.305 e. The van der Waals surface area contributed by atoms with Crippen LogP contribution in [0.2, 0.25) is 5.02 Å². The number of rotatable bonds is 5. The Hall–Kier alpha value is -0.970. The fourth-order valence-corrected chi connectivity index (χ4v) is 3.21. The molecule has 0 radical (unpaired) electrons. The van der Waals surface area contributed by atoms with Gasteiger partial charge in [0.1, 0.15) is 10.8 Å². The lowest BCUT2D eigenvalue weighted by Crippen LogP contribution is -2.22. The molecule has 1 aromatic carbocycles. The summed E-state index contributed by atoms with van der Waals surface area (Å²) in [6.45, 7) is 7.08. The second-order valence-electron chi connectivity index (χ2n) is 4.93. The number of benzene rings is 1. The zero-order valence-corrected chi connectivity index (χ0v) is 13.4. The highest BCUT2D eigenvalue weighted by Gasteiger charge is 2.18. The summed E-state index contributed by atoms with van der Waals surface area (Å²) in [5.41, 5.74) is 2.02. The second-order valence-corrected chi connectivity index (χ2v) is 6.23. The molecule has 0 aliphatic rings. The van der Waals surface area contributed by atoms with Crippen LogP contribution < -0.4 is 5.32 Å². The molecule has 5 heteroatoms. The molecule has 0 fully saturated rings. The van der Waals surface area contributed by atoms with Crippen LogP contribution in [-0.4, -0.2) is 11.5 Å². The third kappa shape index (κ3) is 3.37. The lowest BCUT2D eigenvalue weighted by atomic mass is 10.1. The Labute approximate surface area is 128 Å². The van der Waals surface area contributed by atoms with E-state index in [1.165, 1.54) is 6.07 Å². The minimum atomic E-state index is -0.396. The van der Waals surface area contributed by atoms with E-state index in [0.717, 1.165) is 22.8 Å². The Morgan fingerprint density at radius 3 is 2.70 bits per heavy atom. The highest BCUT2D eigenvalue weighted by atomic mass is 35.5. The first-order valence-electron chi connectivity index (χ1n) is 6.66. The summed E-state index contributed by atoms with van der Waals surface area (Å²) in [7, 11) is 0. The molecule has 0 bridgehead atoms. The number of aromatic nitrogens is 1. The van der Waals surface area contributed by atoms with E-state index >= 15 is 0 Å². The molecule has 2 rings (SSSR count).